The van der Waals surface area contributed by atoms with Gasteiger partial charge < -0.3 is 10.4 Å². The summed E-state index contributed by atoms with van der Waals surface area (Å²) in [6.45, 7) is 5.84. The minimum absolute atomic E-state index is 0.202. The second kappa shape index (κ2) is 5.68. The van der Waals surface area contributed by atoms with Gasteiger partial charge >= 0.3 is 5.97 Å². The molecule has 0 bridgehead atoms. The van der Waals surface area contributed by atoms with E-state index in [1.54, 1.807) is 11.3 Å². The molecule has 3 nitrogen and oxygen atoms in total. The third kappa shape index (κ3) is 4.27. The SMILES string of the molecule is C=C(CNC(C)Cc1cccs1)C(=O)O. The van der Waals surface area contributed by atoms with Crippen LogP contribution in [-0.4, -0.2) is 23.7 Å². The molecule has 0 aliphatic carbocycles. The van der Waals surface area contributed by atoms with Crippen molar-refractivity contribution in [1.82, 2.24) is 5.32 Å². The van der Waals surface area contributed by atoms with Gasteiger partial charge in [-0.05, 0) is 24.8 Å². The maximum absolute atomic E-state index is 10.5. The maximum Gasteiger partial charge on any atom is 0.332 e. The highest BCUT2D eigenvalue weighted by Crippen LogP contribution is 2.10. The highest BCUT2D eigenvalue weighted by molar-refractivity contribution is 7.09. The van der Waals surface area contributed by atoms with Crippen LogP contribution in [0, 0.1) is 0 Å². The molecule has 0 saturated heterocycles. The predicted octanol–water partition coefficient (Wildman–Crippen LogP) is 1.91. The molecule has 0 aliphatic rings. The second-order valence-electron chi connectivity index (χ2n) is 3.47. The molecule has 1 heterocycles. The Hall–Kier alpha value is -1.13. The first kappa shape index (κ1) is 11.9. The van der Waals surface area contributed by atoms with Crippen molar-refractivity contribution < 1.29 is 9.90 Å². The molecule has 0 saturated carbocycles. The Balaban J connectivity index is 2.28. The summed E-state index contributed by atoms with van der Waals surface area (Å²) in [6.07, 6.45) is 0.921. The van der Waals surface area contributed by atoms with E-state index < -0.39 is 5.97 Å². The monoisotopic (exact) mass is 225 g/mol. The molecule has 1 unspecified atom stereocenters. The van der Waals surface area contributed by atoms with Gasteiger partial charge in [-0.3, -0.25) is 0 Å². The largest absolute Gasteiger partial charge is 0.478 e. The van der Waals surface area contributed by atoms with Gasteiger partial charge in [-0.25, -0.2) is 4.79 Å². The summed E-state index contributed by atoms with van der Waals surface area (Å²) in [5, 5.41) is 13.8. The Labute approximate surface area is 93.4 Å². The zero-order chi connectivity index (χ0) is 11.3. The molecule has 0 radical (unpaired) electrons. The molecule has 0 aliphatic heterocycles. The minimum Gasteiger partial charge on any atom is -0.478 e. The number of carboxylic acids is 1. The van der Waals surface area contributed by atoms with Crippen molar-refractivity contribution in [2.24, 2.45) is 0 Å². The fourth-order valence-electron chi connectivity index (χ4n) is 1.18. The predicted molar refractivity (Wildman–Crippen MR) is 62.3 cm³/mol. The average Bonchev–Trinajstić information content (AvgIpc) is 2.66. The molecular formula is C11H15NO2S. The summed E-state index contributed by atoms with van der Waals surface area (Å²) in [5.41, 5.74) is 0.202. The zero-order valence-corrected chi connectivity index (χ0v) is 9.51. The quantitative estimate of drug-likeness (QED) is 0.727. The lowest BCUT2D eigenvalue weighted by Gasteiger charge is -2.12. The van der Waals surface area contributed by atoms with E-state index in [0.717, 1.165) is 6.42 Å². The maximum atomic E-state index is 10.5. The van der Waals surface area contributed by atoms with Crippen molar-refractivity contribution in [2.75, 3.05) is 6.54 Å². The van der Waals surface area contributed by atoms with Crippen molar-refractivity contribution in [3.63, 3.8) is 0 Å². The molecule has 0 spiro atoms. The van der Waals surface area contributed by atoms with Crippen molar-refractivity contribution in [3.8, 4) is 0 Å². The van der Waals surface area contributed by atoms with E-state index in [9.17, 15) is 4.79 Å². The van der Waals surface area contributed by atoms with Crippen LogP contribution in [0.5, 0.6) is 0 Å². The number of hydrogen-bond donors (Lipinski definition) is 2. The minimum atomic E-state index is -0.939. The first-order valence-corrected chi connectivity index (χ1v) is 5.64. The van der Waals surface area contributed by atoms with E-state index in [4.69, 9.17) is 5.11 Å². The lowest BCUT2D eigenvalue weighted by molar-refractivity contribution is -0.132. The van der Waals surface area contributed by atoms with Crippen LogP contribution in [0.2, 0.25) is 0 Å². The van der Waals surface area contributed by atoms with Crippen LogP contribution in [-0.2, 0) is 11.2 Å². The summed E-state index contributed by atoms with van der Waals surface area (Å²) in [4.78, 5) is 11.8. The van der Waals surface area contributed by atoms with Crippen molar-refractivity contribution in [2.45, 2.75) is 19.4 Å². The van der Waals surface area contributed by atoms with E-state index in [2.05, 4.69) is 18.0 Å². The summed E-state index contributed by atoms with van der Waals surface area (Å²) in [6, 6.07) is 4.36. The third-order valence-electron chi connectivity index (χ3n) is 2.05. The first-order valence-electron chi connectivity index (χ1n) is 4.76. The molecule has 1 aromatic rings. The number of carbonyl (C=O) groups is 1. The van der Waals surface area contributed by atoms with Gasteiger partial charge in [0, 0.05) is 23.0 Å². The summed E-state index contributed by atoms with van der Waals surface area (Å²) in [7, 11) is 0. The van der Waals surface area contributed by atoms with Gasteiger partial charge in [0.2, 0.25) is 0 Å². The van der Waals surface area contributed by atoms with Gasteiger partial charge in [0.1, 0.15) is 0 Å². The van der Waals surface area contributed by atoms with E-state index in [0.29, 0.717) is 6.54 Å². The van der Waals surface area contributed by atoms with Crippen molar-refractivity contribution >= 4 is 17.3 Å². The summed E-state index contributed by atoms with van der Waals surface area (Å²) < 4.78 is 0. The Bertz CT molecular complexity index is 332. The number of hydrogen-bond acceptors (Lipinski definition) is 3. The van der Waals surface area contributed by atoms with Crippen LogP contribution in [0.25, 0.3) is 0 Å². The smallest absolute Gasteiger partial charge is 0.332 e. The van der Waals surface area contributed by atoms with E-state index in [-0.39, 0.29) is 11.6 Å². The highest BCUT2D eigenvalue weighted by atomic mass is 32.1. The first-order chi connectivity index (χ1) is 7.09. The lowest BCUT2D eigenvalue weighted by Crippen LogP contribution is -2.30. The Kier molecular flexibility index (Phi) is 4.52. The second-order valence-corrected chi connectivity index (χ2v) is 4.51. The highest BCUT2D eigenvalue weighted by Gasteiger charge is 2.07. The van der Waals surface area contributed by atoms with Crippen LogP contribution in [0.3, 0.4) is 0 Å². The zero-order valence-electron chi connectivity index (χ0n) is 8.69. The number of thiophene rings is 1. The number of carboxylic acid groups (broad SMARTS) is 1. The molecule has 1 atom stereocenters. The summed E-state index contributed by atoms with van der Waals surface area (Å²) in [5.74, 6) is -0.939. The molecule has 4 heteroatoms. The van der Waals surface area contributed by atoms with Crippen LogP contribution < -0.4 is 5.32 Å². The molecule has 0 aromatic carbocycles. The van der Waals surface area contributed by atoms with Crippen molar-refractivity contribution in [1.29, 1.82) is 0 Å². The molecule has 0 amide bonds. The molecule has 82 valence electrons. The molecule has 15 heavy (non-hydrogen) atoms. The lowest BCUT2D eigenvalue weighted by atomic mass is 10.2. The third-order valence-corrected chi connectivity index (χ3v) is 2.95. The molecule has 2 N–H and O–H groups in total. The normalized spacial score (nSPS) is 12.3. The fraction of sp³-hybridized carbons (Fsp3) is 0.364. The molecule has 0 fully saturated rings. The molecular weight excluding hydrogens is 210 g/mol. The molecule has 1 rings (SSSR count). The van der Waals surface area contributed by atoms with Crippen LogP contribution >= 0.6 is 11.3 Å². The molecule has 1 aromatic heterocycles. The van der Waals surface area contributed by atoms with E-state index in [1.807, 2.05) is 18.4 Å². The van der Waals surface area contributed by atoms with Gasteiger partial charge in [0.25, 0.3) is 0 Å². The number of nitrogens with one attached hydrogen (secondary N) is 1. The van der Waals surface area contributed by atoms with Gasteiger partial charge in [0.15, 0.2) is 0 Å². The van der Waals surface area contributed by atoms with Gasteiger partial charge in [0.05, 0.1) is 0 Å². The fourth-order valence-corrected chi connectivity index (χ4v) is 2.01. The Morgan fingerprint density at radius 3 is 3.00 bits per heavy atom. The number of rotatable bonds is 6. The standard InChI is InChI=1S/C11H15NO2S/c1-8(11(13)14)7-12-9(2)6-10-4-3-5-15-10/h3-5,9,12H,1,6-7H2,2H3,(H,13,14). The van der Waals surface area contributed by atoms with E-state index >= 15 is 0 Å². The van der Waals surface area contributed by atoms with Gasteiger partial charge in [-0.2, -0.15) is 0 Å². The Morgan fingerprint density at radius 1 is 1.73 bits per heavy atom. The van der Waals surface area contributed by atoms with Crippen LogP contribution in [0.4, 0.5) is 0 Å². The van der Waals surface area contributed by atoms with Crippen LogP contribution in [0.1, 0.15) is 11.8 Å². The number of aliphatic carboxylic acids is 1. The van der Waals surface area contributed by atoms with E-state index in [1.165, 1.54) is 4.88 Å². The Morgan fingerprint density at radius 2 is 2.47 bits per heavy atom. The summed E-state index contributed by atoms with van der Waals surface area (Å²) >= 11 is 1.71. The topological polar surface area (TPSA) is 49.3 Å². The average molecular weight is 225 g/mol. The van der Waals surface area contributed by atoms with Crippen molar-refractivity contribution in [3.05, 3.63) is 34.5 Å². The van der Waals surface area contributed by atoms with Gasteiger partial charge in [-0.1, -0.05) is 12.6 Å². The van der Waals surface area contributed by atoms with Gasteiger partial charge in [-0.15, -0.1) is 11.3 Å². The van der Waals surface area contributed by atoms with Crippen LogP contribution in [0.15, 0.2) is 29.7 Å².